The number of hydrogen-bond donors (Lipinski definition) is 1. The molecule has 35 heavy (non-hydrogen) atoms. The minimum absolute atomic E-state index is 0.620. The Balaban J connectivity index is 2.06. The van der Waals surface area contributed by atoms with E-state index in [9.17, 15) is 0 Å². The number of unbranched alkanes of at least 4 members (excludes halogenated alkanes) is 20. The highest BCUT2D eigenvalue weighted by molar-refractivity contribution is 4.87. The van der Waals surface area contributed by atoms with E-state index in [4.69, 9.17) is 0 Å². The molecule has 2 unspecified atom stereocenters. The summed E-state index contributed by atoms with van der Waals surface area (Å²) >= 11 is 0. The van der Waals surface area contributed by atoms with Crippen molar-refractivity contribution in [2.24, 2.45) is 0 Å². The quantitative estimate of drug-likeness (QED) is 0.0985. The fourth-order valence-corrected chi connectivity index (χ4v) is 5.63. The molecular formula is C33H65N2+. The van der Waals surface area contributed by atoms with E-state index in [-0.39, 0.29) is 0 Å². The average molecular weight is 490 g/mol. The second kappa shape index (κ2) is 23.6. The first-order valence-corrected chi connectivity index (χ1v) is 16.3. The molecule has 0 saturated heterocycles. The standard InChI is InChI=1S/C33H64N2/c1-5-7-9-11-13-15-17-18-19-21-23-25-27-31(3)33-34-29-30-35(33)32(4)28-26-24-22-20-16-14-12-10-8-6-2/h29-32H,5-28H2,1-4H3/p+1. The Morgan fingerprint density at radius 1 is 0.543 bits per heavy atom. The molecule has 0 aliphatic carbocycles. The van der Waals surface area contributed by atoms with Crippen LogP contribution >= 0.6 is 0 Å². The third-order valence-electron chi connectivity index (χ3n) is 8.15. The van der Waals surface area contributed by atoms with Crippen LogP contribution in [0.15, 0.2) is 12.4 Å². The lowest BCUT2D eigenvalue weighted by molar-refractivity contribution is -0.727. The Labute approximate surface area is 221 Å². The number of nitrogens with zero attached hydrogens (tertiary/aromatic N) is 1. The molecule has 0 spiro atoms. The zero-order valence-electron chi connectivity index (χ0n) is 24.7. The normalized spacial score (nSPS) is 13.4. The van der Waals surface area contributed by atoms with Crippen LogP contribution in [0.3, 0.4) is 0 Å². The summed E-state index contributed by atoms with van der Waals surface area (Å²) in [5.74, 6) is 2.09. The van der Waals surface area contributed by atoms with Crippen LogP contribution in [0.5, 0.6) is 0 Å². The highest BCUT2D eigenvalue weighted by Crippen LogP contribution is 2.21. The predicted molar refractivity (Wildman–Crippen MR) is 156 cm³/mol. The molecule has 2 heteroatoms. The Hall–Kier alpha value is -0.790. The van der Waals surface area contributed by atoms with E-state index >= 15 is 0 Å². The summed E-state index contributed by atoms with van der Waals surface area (Å²) in [5, 5.41) is 0. The van der Waals surface area contributed by atoms with E-state index in [1.165, 1.54) is 160 Å². The third-order valence-corrected chi connectivity index (χ3v) is 8.15. The summed E-state index contributed by atoms with van der Waals surface area (Å²) in [6, 6.07) is 0.620. The number of aromatic amines is 1. The molecule has 0 amide bonds. The van der Waals surface area contributed by atoms with E-state index in [0.717, 1.165) is 0 Å². The second-order valence-electron chi connectivity index (χ2n) is 11.7. The van der Waals surface area contributed by atoms with Gasteiger partial charge in [0.2, 0.25) is 0 Å². The van der Waals surface area contributed by atoms with Gasteiger partial charge in [-0.05, 0) is 26.2 Å². The first-order valence-electron chi connectivity index (χ1n) is 16.3. The molecule has 206 valence electrons. The van der Waals surface area contributed by atoms with Crippen LogP contribution in [-0.2, 0) is 0 Å². The second-order valence-corrected chi connectivity index (χ2v) is 11.7. The highest BCUT2D eigenvalue weighted by Gasteiger charge is 2.22. The van der Waals surface area contributed by atoms with Gasteiger partial charge in [-0.2, -0.15) is 0 Å². The number of imidazole rings is 1. The van der Waals surface area contributed by atoms with Crippen molar-refractivity contribution in [2.75, 3.05) is 0 Å². The van der Waals surface area contributed by atoms with Crippen LogP contribution in [-0.4, -0.2) is 4.98 Å². The maximum Gasteiger partial charge on any atom is 0.257 e. The van der Waals surface area contributed by atoms with Gasteiger partial charge in [-0.25, -0.2) is 9.55 Å². The van der Waals surface area contributed by atoms with Gasteiger partial charge in [0.1, 0.15) is 12.4 Å². The van der Waals surface area contributed by atoms with Gasteiger partial charge in [0, 0.05) is 0 Å². The van der Waals surface area contributed by atoms with Crippen molar-refractivity contribution in [3.05, 3.63) is 18.2 Å². The van der Waals surface area contributed by atoms with Crippen molar-refractivity contribution in [3.63, 3.8) is 0 Å². The fourth-order valence-electron chi connectivity index (χ4n) is 5.63. The Morgan fingerprint density at radius 3 is 1.34 bits per heavy atom. The molecular weight excluding hydrogens is 424 g/mol. The van der Waals surface area contributed by atoms with Crippen LogP contribution in [0.2, 0.25) is 0 Å². The summed E-state index contributed by atoms with van der Waals surface area (Å²) in [7, 11) is 0. The van der Waals surface area contributed by atoms with Crippen LogP contribution in [0.25, 0.3) is 0 Å². The first kappa shape index (κ1) is 32.2. The van der Waals surface area contributed by atoms with Crippen LogP contribution < -0.4 is 4.57 Å². The van der Waals surface area contributed by atoms with Gasteiger partial charge >= 0.3 is 0 Å². The summed E-state index contributed by atoms with van der Waals surface area (Å²) in [5.41, 5.74) is 0. The Kier molecular flexibility index (Phi) is 21.7. The monoisotopic (exact) mass is 490 g/mol. The molecule has 1 rings (SSSR count). The smallest absolute Gasteiger partial charge is 0.247 e. The third kappa shape index (κ3) is 17.3. The van der Waals surface area contributed by atoms with E-state index in [1.54, 1.807) is 0 Å². The molecule has 1 N–H and O–H groups in total. The molecule has 0 radical (unpaired) electrons. The highest BCUT2D eigenvalue weighted by atomic mass is 15.1. The molecule has 2 nitrogen and oxygen atoms in total. The molecule has 0 fully saturated rings. The lowest BCUT2D eigenvalue weighted by atomic mass is 9.99. The van der Waals surface area contributed by atoms with Crippen LogP contribution in [0.1, 0.15) is 200 Å². The lowest BCUT2D eigenvalue weighted by Gasteiger charge is -2.14. The largest absolute Gasteiger partial charge is 0.257 e. The number of H-pyrrole nitrogens is 1. The van der Waals surface area contributed by atoms with Gasteiger partial charge in [-0.3, -0.25) is 0 Å². The first-order chi connectivity index (χ1) is 17.2. The summed E-state index contributed by atoms with van der Waals surface area (Å²) in [4.78, 5) is 3.58. The molecule has 1 aromatic heterocycles. The Morgan fingerprint density at radius 2 is 0.914 bits per heavy atom. The van der Waals surface area contributed by atoms with Gasteiger partial charge in [-0.15, -0.1) is 0 Å². The molecule has 0 saturated carbocycles. The molecule has 0 aliphatic heterocycles. The Bertz CT molecular complexity index is 549. The maximum absolute atomic E-state index is 3.58. The predicted octanol–water partition coefficient (Wildman–Crippen LogP) is 11.4. The summed E-state index contributed by atoms with van der Waals surface area (Å²) < 4.78 is 2.54. The van der Waals surface area contributed by atoms with Crippen LogP contribution in [0.4, 0.5) is 0 Å². The van der Waals surface area contributed by atoms with Crippen molar-refractivity contribution >= 4 is 0 Å². The number of rotatable bonds is 26. The molecule has 1 heterocycles. The fraction of sp³-hybridized carbons (Fsp3) is 0.909. The zero-order chi connectivity index (χ0) is 25.4. The van der Waals surface area contributed by atoms with Crippen molar-refractivity contribution < 1.29 is 4.57 Å². The van der Waals surface area contributed by atoms with Gasteiger partial charge < -0.3 is 0 Å². The zero-order valence-corrected chi connectivity index (χ0v) is 24.7. The average Bonchev–Trinajstić information content (AvgIpc) is 3.36. The topological polar surface area (TPSA) is 19.7 Å². The molecule has 0 aromatic carbocycles. The maximum atomic E-state index is 3.58. The number of nitrogens with one attached hydrogen (secondary N) is 1. The van der Waals surface area contributed by atoms with E-state index < -0.39 is 0 Å². The SMILES string of the molecule is CCCCCCCCCCCCCCC(C)c1[nH]cc[n+]1C(C)CCCCCCCCCCCC. The molecule has 2 atom stereocenters. The minimum Gasteiger partial charge on any atom is -0.247 e. The van der Waals surface area contributed by atoms with Gasteiger partial charge in [0.05, 0.1) is 12.0 Å². The van der Waals surface area contributed by atoms with Crippen molar-refractivity contribution in [1.82, 2.24) is 4.98 Å². The molecule has 0 aliphatic rings. The van der Waals surface area contributed by atoms with E-state index in [1.807, 2.05) is 0 Å². The van der Waals surface area contributed by atoms with E-state index in [0.29, 0.717) is 12.0 Å². The summed E-state index contributed by atoms with van der Waals surface area (Å²) in [6.07, 6.45) is 38.5. The van der Waals surface area contributed by atoms with Gasteiger partial charge in [-0.1, -0.05) is 156 Å². The van der Waals surface area contributed by atoms with Crippen molar-refractivity contribution in [2.45, 2.75) is 194 Å². The number of aromatic nitrogens is 2. The van der Waals surface area contributed by atoms with Crippen molar-refractivity contribution in [3.8, 4) is 0 Å². The molecule has 1 aromatic rings. The number of hydrogen-bond acceptors (Lipinski definition) is 0. The summed E-state index contributed by atoms with van der Waals surface area (Å²) in [6.45, 7) is 9.45. The molecule has 0 bridgehead atoms. The van der Waals surface area contributed by atoms with Crippen LogP contribution in [0, 0.1) is 0 Å². The van der Waals surface area contributed by atoms with Gasteiger partial charge in [0.25, 0.3) is 5.82 Å². The van der Waals surface area contributed by atoms with Gasteiger partial charge in [0.15, 0.2) is 0 Å². The van der Waals surface area contributed by atoms with E-state index in [2.05, 4.69) is 49.6 Å². The lowest BCUT2D eigenvalue weighted by Crippen LogP contribution is -2.40. The van der Waals surface area contributed by atoms with Crippen molar-refractivity contribution in [1.29, 1.82) is 0 Å². The minimum atomic E-state index is 0.620.